The van der Waals surface area contributed by atoms with Crippen LogP contribution in [0.2, 0.25) is 0 Å². The fraction of sp³-hybridized carbons (Fsp3) is 0.214. The zero-order valence-electron chi connectivity index (χ0n) is 10.4. The van der Waals surface area contributed by atoms with Gasteiger partial charge in [0.25, 0.3) is 0 Å². The second kappa shape index (κ2) is 5.20. The molecule has 1 aromatic heterocycles. The summed E-state index contributed by atoms with van der Waals surface area (Å²) in [5, 5.41) is 10.1. The van der Waals surface area contributed by atoms with Crippen molar-refractivity contribution >= 4 is 0 Å². The lowest BCUT2D eigenvalue weighted by Gasteiger charge is -2.16. The molecule has 0 spiro atoms. The number of halogens is 4. The Morgan fingerprint density at radius 1 is 1.20 bits per heavy atom. The fourth-order valence-corrected chi connectivity index (χ4v) is 1.87. The molecule has 1 N–H and O–H groups in total. The molecule has 0 aliphatic carbocycles. The van der Waals surface area contributed by atoms with E-state index in [0.29, 0.717) is 23.3 Å². The smallest absolute Gasteiger partial charge is 0.384 e. The second-order valence-electron chi connectivity index (χ2n) is 4.37. The van der Waals surface area contributed by atoms with Crippen LogP contribution in [0.25, 0.3) is 0 Å². The molecule has 1 unspecified atom stereocenters. The van der Waals surface area contributed by atoms with Crippen molar-refractivity contribution in [2.45, 2.75) is 19.2 Å². The zero-order valence-corrected chi connectivity index (χ0v) is 10.4. The van der Waals surface area contributed by atoms with E-state index in [9.17, 15) is 22.7 Å². The van der Waals surface area contributed by atoms with Crippen LogP contribution in [0.15, 0.2) is 36.7 Å². The van der Waals surface area contributed by atoms with Crippen LogP contribution in [0.5, 0.6) is 0 Å². The molecular formula is C14H11F4NO. The Balaban J connectivity index is 2.46. The third-order valence-corrected chi connectivity index (χ3v) is 2.99. The van der Waals surface area contributed by atoms with Crippen molar-refractivity contribution in [1.29, 1.82) is 0 Å². The van der Waals surface area contributed by atoms with Crippen LogP contribution in [0.4, 0.5) is 17.6 Å². The van der Waals surface area contributed by atoms with Gasteiger partial charge in [0, 0.05) is 18.0 Å². The summed E-state index contributed by atoms with van der Waals surface area (Å²) < 4.78 is 51.1. The van der Waals surface area contributed by atoms with Gasteiger partial charge in [-0.25, -0.2) is 4.39 Å². The van der Waals surface area contributed by atoms with E-state index in [1.807, 2.05) is 0 Å². The average Bonchev–Trinajstić information content (AvgIpc) is 2.37. The molecule has 2 nitrogen and oxygen atoms in total. The van der Waals surface area contributed by atoms with E-state index >= 15 is 0 Å². The first-order valence-corrected chi connectivity index (χ1v) is 5.76. The zero-order chi connectivity index (χ0) is 14.9. The van der Waals surface area contributed by atoms with E-state index < -0.39 is 23.7 Å². The number of aromatic nitrogens is 1. The monoisotopic (exact) mass is 285 g/mol. The van der Waals surface area contributed by atoms with Crippen LogP contribution in [-0.4, -0.2) is 10.1 Å². The van der Waals surface area contributed by atoms with Gasteiger partial charge in [-0.3, -0.25) is 4.98 Å². The highest BCUT2D eigenvalue weighted by Crippen LogP contribution is 2.34. The first-order chi connectivity index (χ1) is 9.30. The molecule has 106 valence electrons. The van der Waals surface area contributed by atoms with Crippen molar-refractivity contribution in [2.24, 2.45) is 0 Å². The normalized spacial score (nSPS) is 13.3. The van der Waals surface area contributed by atoms with Crippen molar-refractivity contribution < 1.29 is 22.7 Å². The molecule has 1 atom stereocenters. The average molecular weight is 285 g/mol. The van der Waals surface area contributed by atoms with Gasteiger partial charge in [-0.15, -0.1) is 0 Å². The number of aliphatic hydroxyl groups is 1. The molecule has 0 fully saturated rings. The Morgan fingerprint density at radius 2 is 1.90 bits per heavy atom. The van der Waals surface area contributed by atoms with Gasteiger partial charge in [0.15, 0.2) is 0 Å². The summed E-state index contributed by atoms with van der Waals surface area (Å²) in [6.07, 6.45) is -3.21. The van der Waals surface area contributed by atoms with Gasteiger partial charge in [-0.1, -0.05) is 6.07 Å². The molecule has 1 heterocycles. The summed E-state index contributed by atoms with van der Waals surface area (Å²) in [6, 6.07) is 4.08. The topological polar surface area (TPSA) is 33.1 Å². The van der Waals surface area contributed by atoms with Gasteiger partial charge in [0.2, 0.25) is 0 Å². The van der Waals surface area contributed by atoms with Gasteiger partial charge in [0.1, 0.15) is 11.9 Å². The first-order valence-electron chi connectivity index (χ1n) is 5.76. The lowest BCUT2D eigenvalue weighted by Crippen LogP contribution is -2.11. The van der Waals surface area contributed by atoms with Crippen molar-refractivity contribution in [1.82, 2.24) is 4.98 Å². The van der Waals surface area contributed by atoms with Gasteiger partial charge < -0.3 is 5.11 Å². The Bertz CT molecular complexity index is 625. The summed E-state index contributed by atoms with van der Waals surface area (Å²) in [5.74, 6) is -1.36. The summed E-state index contributed by atoms with van der Waals surface area (Å²) in [4.78, 5) is 3.82. The number of rotatable bonds is 2. The Kier molecular flexibility index (Phi) is 3.76. The summed E-state index contributed by atoms with van der Waals surface area (Å²) in [7, 11) is 0. The van der Waals surface area contributed by atoms with Crippen LogP contribution >= 0.6 is 0 Å². The van der Waals surface area contributed by atoms with Crippen LogP contribution < -0.4 is 0 Å². The Morgan fingerprint density at radius 3 is 2.50 bits per heavy atom. The molecule has 0 radical (unpaired) electrons. The van der Waals surface area contributed by atoms with E-state index in [-0.39, 0.29) is 5.56 Å². The van der Waals surface area contributed by atoms with E-state index in [1.165, 1.54) is 12.4 Å². The lowest BCUT2D eigenvalue weighted by atomic mass is 9.97. The molecule has 0 amide bonds. The molecule has 0 saturated carbocycles. The third-order valence-electron chi connectivity index (χ3n) is 2.99. The van der Waals surface area contributed by atoms with Crippen molar-refractivity contribution in [2.75, 3.05) is 0 Å². The van der Waals surface area contributed by atoms with Crippen LogP contribution in [-0.2, 0) is 6.18 Å². The highest BCUT2D eigenvalue weighted by atomic mass is 19.4. The maximum absolute atomic E-state index is 13.2. The van der Waals surface area contributed by atoms with Crippen LogP contribution in [0.3, 0.4) is 0 Å². The summed E-state index contributed by atoms with van der Waals surface area (Å²) in [6.45, 7) is 1.70. The van der Waals surface area contributed by atoms with E-state index in [2.05, 4.69) is 4.98 Å². The third kappa shape index (κ3) is 2.80. The molecule has 6 heteroatoms. The minimum atomic E-state index is -4.80. The summed E-state index contributed by atoms with van der Waals surface area (Å²) >= 11 is 0. The standard InChI is InChI=1S/C14H11F4NO/c1-8-4-5-19-7-10(8)13(20)9-2-3-12(15)11(6-9)14(16,17)18/h2-7,13,20H,1H3. The second-order valence-corrected chi connectivity index (χ2v) is 4.37. The molecule has 20 heavy (non-hydrogen) atoms. The predicted octanol–water partition coefficient (Wildman–Crippen LogP) is 3.63. The van der Waals surface area contributed by atoms with Gasteiger partial charge in [-0.2, -0.15) is 13.2 Å². The minimum Gasteiger partial charge on any atom is -0.384 e. The Labute approximate surface area is 112 Å². The molecule has 2 rings (SSSR count). The van der Waals surface area contributed by atoms with Crippen molar-refractivity contribution in [3.8, 4) is 0 Å². The van der Waals surface area contributed by atoms with Crippen molar-refractivity contribution in [3.05, 3.63) is 64.7 Å². The largest absolute Gasteiger partial charge is 0.419 e. The van der Waals surface area contributed by atoms with Crippen molar-refractivity contribution in [3.63, 3.8) is 0 Å². The molecule has 1 aromatic carbocycles. The van der Waals surface area contributed by atoms with Gasteiger partial charge >= 0.3 is 6.18 Å². The number of hydrogen-bond acceptors (Lipinski definition) is 2. The number of aliphatic hydroxyl groups excluding tert-OH is 1. The molecule has 0 bridgehead atoms. The fourth-order valence-electron chi connectivity index (χ4n) is 1.87. The number of nitrogens with zero attached hydrogens (tertiary/aromatic N) is 1. The number of alkyl halides is 3. The number of hydrogen-bond donors (Lipinski definition) is 1. The van der Waals surface area contributed by atoms with Crippen LogP contribution in [0.1, 0.15) is 28.4 Å². The van der Waals surface area contributed by atoms with Gasteiger partial charge in [-0.05, 0) is 36.2 Å². The molecular weight excluding hydrogens is 274 g/mol. The quantitative estimate of drug-likeness (QED) is 0.855. The first kappa shape index (κ1) is 14.5. The lowest BCUT2D eigenvalue weighted by molar-refractivity contribution is -0.140. The number of aryl methyl sites for hydroxylation is 1. The van der Waals surface area contributed by atoms with E-state index in [1.54, 1.807) is 13.0 Å². The maximum atomic E-state index is 13.2. The summed E-state index contributed by atoms with van der Waals surface area (Å²) in [5.41, 5.74) is -0.358. The number of pyridine rings is 1. The predicted molar refractivity (Wildman–Crippen MR) is 64.4 cm³/mol. The number of benzene rings is 1. The SMILES string of the molecule is Cc1ccncc1C(O)c1ccc(F)c(C(F)(F)F)c1. The van der Waals surface area contributed by atoms with E-state index in [0.717, 1.165) is 6.07 Å². The minimum absolute atomic E-state index is 0.0326. The van der Waals surface area contributed by atoms with Crippen LogP contribution in [0, 0.1) is 12.7 Å². The molecule has 2 aromatic rings. The molecule has 0 aliphatic rings. The highest BCUT2D eigenvalue weighted by Gasteiger charge is 2.34. The van der Waals surface area contributed by atoms with E-state index in [4.69, 9.17) is 0 Å². The molecule has 0 aliphatic heterocycles. The maximum Gasteiger partial charge on any atom is 0.419 e. The Hall–Kier alpha value is -1.95. The molecule has 0 saturated heterocycles. The van der Waals surface area contributed by atoms with Gasteiger partial charge in [0.05, 0.1) is 5.56 Å². The highest BCUT2D eigenvalue weighted by molar-refractivity contribution is 5.36.